The molecule has 0 spiro atoms. The van der Waals surface area contributed by atoms with Gasteiger partial charge in [0.15, 0.2) is 5.78 Å². The minimum absolute atomic E-state index is 0.0396. The van der Waals surface area contributed by atoms with Crippen molar-refractivity contribution in [3.8, 4) is 0 Å². The third kappa shape index (κ3) is 4.82. The third-order valence-electron chi connectivity index (χ3n) is 4.12. The lowest BCUT2D eigenvalue weighted by molar-refractivity contribution is 0.101. The van der Waals surface area contributed by atoms with Gasteiger partial charge in [0.05, 0.1) is 29.3 Å². The van der Waals surface area contributed by atoms with Crippen LogP contribution in [-0.2, 0) is 0 Å². The number of hydrogen-bond donors (Lipinski definition) is 1. The average Bonchev–Trinajstić information content (AvgIpc) is 2.61. The number of hydrogen-bond acceptors (Lipinski definition) is 3. The molecule has 0 atom stereocenters. The van der Waals surface area contributed by atoms with E-state index in [2.05, 4.69) is 10.3 Å². The first-order chi connectivity index (χ1) is 12.3. The fraction of sp³-hybridized carbons (Fsp3) is 0.300. The summed E-state index contributed by atoms with van der Waals surface area (Å²) in [5.41, 5.74) is 3.28. The van der Waals surface area contributed by atoms with Gasteiger partial charge in [-0.1, -0.05) is 17.7 Å². The Hall–Kier alpha value is -2.40. The van der Waals surface area contributed by atoms with Gasteiger partial charge in [0.1, 0.15) is 5.82 Å². The maximum Gasteiger partial charge on any atom is 0.182 e. The average molecular weight is 376 g/mol. The van der Waals surface area contributed by atoms with Crippen LogP contribution < -0.4 is 5.32 Å². The number of para-hydroxylation sites is 1. The summed E-state index contributed by atoms with van der Waals surface area (Å²) in [6.07, 6.45) is 1.77. The van der Waals surface area contributed by atoms with Gasteiger partial charge in [-0.2, -0.15) is 0 Å². The Balaban J connectivity index is 2.17. The zero-order chi connectivity index (χ0) is 19.3. The van der Waals surface area contributed by atoms with E-state index in [1.807, 2.05) is 44.9 Å². The first-order valence-electron chi connectivity index (χ1n) is 8.40. The first-order valence-corrected chi connectivity index (χ1v) is 8.78. The van der Waals surface area contributed by atoms with Crippen molar-refractivity contribution in [3.05, 3.63) is 57.9 Å². The van der Waals surface area contributed by atoms with E-state index in [4.69, 9.17) is 11.6 Å². The van der Waals surface area contributed by atoms with Gasteiger partial charge in [-0.15, -0.1) is 0 Å². The molecule has 138 valence electrons. The number of rotatable bonds is 7. The Bertz CT molecular complexity index is 816. The lowest BCUT2D eigenvalue weighted by Crippen LogP contribution is -2.16. The molecule has 0 fully saturated rings. The number of carbonyl (C=O) groups is 1. The molecule has 0 bridgehead atoms. The molecular formula is C20H23ClFN3O. The van der Waals surface area contributed by atoms with Gasteiger partial charge in [0.2, 0.25) is 0 Å². The molecule has 0 unspecified atom stereocenters. The van der Waals surface area contributed by atoms with E-state index < -0.39 is 5.82 Å². The molecule has 0 aliphatic carbocycles. The van der Waals surface area contributed by atoms with Crippen molar-refractivity contribution < 1.29 is 9.18 Å². The Morgan fingerprint density at radius 1 is 1.31 bits per heavy atom. The summed E-state index contributed by atoms with van der Waals surface area (Å²) in [4.78, 5) is 19.0. The van der Waals surface area contributed by atoms with Gasteiger partial charge in [-0.25, -0.2) is 9.38 Å². The van der Waals surface area contributed by atoms with E-state index in [1.165, 1.54) is 12.1 Å². The lowest BCUT2D eigenvalue weighted by Gasteiger charge is -2.13. The third-order valence-corrected chi connectivity index (χ3v) is 4.44. The van der Waals surface area contributed by atoms with Crippen LogP contribution in [0.15, 0.2) is 35.3 Å². The molecule has 4 nitrogen and oxygen atoms in total. The zero-order valence-corrected chi connectivity index (χ0v) is 16.2. The predicted octanol–water partition coefficient (Wildman–Crippen LogP) is 5.00. The molecule has 0 radical (unpaired) electrons. The molecule has 0 heterocycles. The molecule has 26 heavy (non-hydrogen) atoms. The summed E-state index contributed by atoms with van der Waals surface area (Å²) >= 11 is 5.97. The number of nitrogens with zero attached hydrogens (tertiary/aromatic N) is 2. The molecule has 0 amide bonds. The van der Waals surface area contributed by atoms with Crippen molar-refractivity contribution >= 4 is 35.1 Å². The predicted molar refractivity (Wildman–Crippen MR) is 107 cm³/mol. The second-order valence-electron chi connectivity index (χ2n) is 6.14. The molecule has 2 aromatic rings. The molecule has 0 aromatic heterocycles. The normalized spacial score (nSPS) is 11.0. The summed E-state index contributed by atoms with van der Waals surface area (Å²) in [5, 5.41) is 3.04. The Kier molecular flexibility index (Phi) is 6.75. The number of ketones is 1. The van der Waals surface area contributed by atoms with Gasteiger partial charge in [0, 0.05) is 19.2 Å². The smallest absolute Gasteiger partial charge is 0.182 e. The largest absolute Gasteiger partial charge is 0.374 e. The Morgan fingerprint density at radius 2 is 2.04 bits per heavy atom. The maximum absolute atomic E-state index is 13.8. The van der Waals surface area contributed by atoms with Crippen molar-refractivity contribution in [2.75, 3.05) is 25.5 Å². The lowest BCUT2D eigenvalue weighted by atomic mass is 10.0. The fourth-order valence-corrected chi connectivity index (χ4v) is 2.64. The van der Waals surface area contributed by atoms with Gasteiger partial charge >= 0.3 is 0 Å². The van der Waals surface area contributed by atoms with Crippen LogP contribution in [0, 0.1) is 19.7 Å². The highest BCUT2D eigenvalue weighted by molar-refractivity contribution is 6.33. The van der Waals surface area contributed by atoms with E-state index in [-0.39, 0.29) is 23.0 Å². The molecule has 6 heteroatoms. The van der Waals surface area contributed by atoms with Crippen LogP contribution in [0.25, 0.3) is 0 Å². The van der Waals surface area contributed by atoms with E-state index in [1.54, 1.807) is 12.4 Å². The zero-order valence-electron chi connectivity index (χ0n) is 15.4. The highest BCUT2D eigenvalue weighted by Crippen LogP contribution is 2.26. The molecular weight excluding hydrogens is 353 g/mol. The topological polar surface area (TPSA) is 44.7 Å². The second-order valence-corrected chi connectivity index (χ2v) is 6.55. The summed E-state index contributed by atoms with van der Waals surface area (Å²) in [5.74, 6) is -0.617. The summed E-state index contributed by atoms with van der Waals surface area (Å²) in [6.45, 7) is 6.65. The first kappa shape index (κ1) is 19.9. The number of carbonyl (C=O) groups excluding carboxylic acids is 1. The Labute approximate surface area is 158 Å². The highest BCUT2D eigenvalue weighted by atomic mass is 35.5. The molecule has 2 rings (SSSR count). The number of nitrogens with one attached hydrogen (secondary N) is 1. The van der Waals surface area contributed by atoms with Crippen LogP contribution in [0.3, 0.4) is 0 Å². The van der Waals surface area contributed by atoms with Crippen LogP contribution in [0.2, 0.25) is 5.02 Å². The van der Waals surface area contributed by atoms with Gasteiger partial charge < -0.3 is 10.2 Å². The van der Waals surface area contributed by atoms with Crippen molar-refractivity contribution in [2.24, 2.45) is 4.99 Å². The van der Waals surface area contributed by atoms with Crippen molar-refractivity contribution in [1.29, 1.82) is 0 Å². The highest BCUT2D eigenvalue weighted by Gasteiger charge is 2.14. The van der Waals surface area contributed by atoms with E-state index in [0.29, 0.717) is 5.56 Å². The number of aliphatic imine (C=N–C) groups is 1. The van der Waals surface area contributed by atoms with Gasteiger partial charge in [0.25, 0.3) is 0 Å². The number of halogens is 2. The van der Waals surface area contributed by atoms with Crippen LogP contribution >= 0.6 is 11.6 Å². The Morgan fingerprint density at radius 3 is 2.69 bits per heavy atom. The quantitative estimate of drug-likeness (QED) is 0.420. The molecule has 0 aliphatic rings. The maximum atomic E-state index is 13.8. The molecule has 1 N–H and O–H groups in total. The fourth-order valence-electron chi connectivity index (χ4n) is 2.41. The molecule has 2 aromatic carbocycles. The van der Waals surface area contributed by atoms with Crippen molar-refractivity contribution in [3.63, 3.8) is 0 Å². The van der Waals surface area contributed by atoms with Crippen LogP contribution in [0.4, 0.5) is 15.8 Å². The minimum Gasteiger partial charge on any atom is -0.374 e. The monoisotopic (exact) mass is 375 g/mol. The van der Waals surface area contributed by atoms with E-state index in [0.717, 1.165) is 23.4 Å². The van der Waals surface area contributed by atoms with Crippen molar-refractivity contribution in [2.45, 2.75) is 20.8 Å². The second kappa shape index (κ2) is 8.81. The van der Waals surface area contributed by atoms with Crippen LogP contribution in [0.1, 0.15) is 28.4 Å². The van der Waals surface area contributed by atoms with Gasteiger partial charge in [-0.3, -0.25) is 4.79 Å². The summed E-state index contributed by atoms with van der Waals surface area (Å²) in [6, 6.07) is 8.11. The SMILES string of the molecule is CCN(C)C=Nc1cc(C)c(C(=O)CNc2c(F)cccc2Cl)cc1C. The molecule has 0 saturated carbocycles. The number of aryl methyl sites for hydroxylation is 2. The molecule has 0 aliphatic heterocycles. The van der Waals surface area contributed by atoms with Gasteiger partial charge in [-0.05, 0) is 56.2 Å². The van der Waals surface area contributed by atoms with Crippen LogP contribution in [-0.4, -0.2) is 37.2 Å². The number of anilines is 1. The number of Topliss-reactive ketones (excluding diaryl/α,β-unsaturated/α-hetero) is 1. The molecule has 0 saturated heterocycles. The van der Waals surface area contributed by atoms with Crippen LogP contribution in [0.5, 0.6) is 0 Å². The van der Waals surface area contributed by atoms with E-state index >= 15 is 0 Å². The minimum atomic E-state index is -0.483. The van der Waals surface area contributed by atoms with E-state index in [9.17, 15) is 9.18 Å². The summed E-state index contributed by atoms with van der Waals surface area (Å²) < 4.78 is 13.8. The number of benzene rings is 2. The van der Waals surface area contributed by atoms with Crippen molar-refractivity contribution in [1.82, 2.24) is 4.90 Å². The standard InChI is InChI=1S/C20H23ClFN3O/c1-5-25(4)12-24-18-10-13(2)15(9-14(18)3)19(26)11-23-20-16(21)7-6-8-17(20)22/h6-10,12,23H,5,11H2,1-4H3. The summed E-state index contributed by atoms with van der Waals surface area (Å²) in [7, 11) is 1.95.